The highest BCUT2D eigenvalue weighted by Crippen LogP contribution is 2.31. The van der Waals surface area contributed by atoms with Gasteiger partial charge in [0.05, 0.1) is 6.04 Å². The van der Waals surface area contributed by atoms with Crippen LogP contribution in [0.25, 0.3) is 0 Å². The number of rotatable bonds is 2. The molecule has 0 aromatic heterocycles. The van der Waals surface area contributed by atoms with Crippen LogP contribution < -0.4 is 0 Å². The number of carbonyl (C=O) groups excluding carboxylic acids is 2. The third-order valence-electron chi connectivity index (χ3n) is 4.36. The zero-order chi connectivity index (χ0) is 15.7. The van der Waals surface area contributed by atoms with Crippen LogP contribution in [0.5, 0.6) is 0 Å². The molecule has 2 atom stereocenters. The molecule has 0 saturated carbocycles. The number of carbonyl (C=O) groups is 2. The lowest BCUT2D eigenvalue weighted by Gasteiger charge is -2.39. The normalized spacial score (nSPS) is 25.6. The first-order valence-electron chi connectivity index (χ1n) is 7.49. The van der Waals surface area contributed by atoms with Gasteiger partial charge in [0.1, 0.15) is 6.61 Å². The Kier molecular flexibility index (Phi) is 4.36. The predicted octanol–water partition coefficient (Wildman–Crippen LogP) is 1.86. The van der Waals surface area contributed by atoms with Gasteiger partial charge in [0.25, 0.3) is 5.91 Å². The minimum absolute atomic E-state index is 0.0307. The highest BCUT2D eigenvalue weighted by Gasteiger charge is 2.42. The van der Waals surface area contributed by atoms with Gasteiger partial charge in [0.2, 0.25) is 5.91 Å². The van der Waals surface area contributed by atoms with Gasteiger partial charge in [0, 0.05) is 25.2 Å². The summed E-state index contributed by atoms with van der Waals surface area (Å²) in [4.78, 5) is 28.2. The molecule has 0 aliphatic carbocycles. The first-order chi connectivity index (χ1) is 10.6. The maximum atomic E-state index is 12.7. The Labute approximate surface area is 134 Å². The molecule has 118 valence electrons. The van der Waals surface area contributed by atoms with Crippen LogP contribution in [0, 0.1) is 0 Å². The molecule has 2 saturated heterocycles. The van der Waals surface area contributed by atoms with Crippen molar-refractivity contribution in [1.29, 1.82) is 0 Å². The fourth-order valence-electron chi connectivity index (χ4n) is 3.09. The molecule has 1 aromatic carbocycles. The fraction of sp³-hybridized carbons (Fsp3) is 0.500. The lowest BCUT2D eigenvalue weighted by molar-refractivity contribution is -0.166. The number of morpholine rings is 1. The molecule has 2 heterocycles. The largest absolute Gasteiger partial charge is 0.356 e. The molecule has 1 aromatic rings. The monoisotopic (exact) mass is 322 g/mol. The molecule has 0 unspecified atom stereocenters. The maximum absolute atomic E-state index is 12.7. The Hall–Kier alpha value is -1.59. The van der Waals surface area contributed by atoms with Crippen molar-refractivity contribution in [2.45, 2.75) is 25.0 Å². The molecule has 2 aliphatic rings. The molecule has 6 heteroatoms. The van der Waals surface area contributed by atoms with Crippen molar-refractivity contribution in [3.8, 4) is 0 Å². The van der Waals surface area contributed by atoms with Gasteiger partial charge < -0.3 is 14.5 Å². The van der Waals surface area contributed by atoms with Gasteiger partial charge >= 0.3 is 0 Å². The van der Waals surface area contributed by atoms with Crippen molar-refractivity contribution in [3.63, 3.8) is 0 Å². The lowest BCUT2D eigenvalue weighted by Crippen LogP contribution is -2.53. The van der Waals surface area contributed by atoms with Crippen molar-refractivity contribution < 1.29 is 14.3 Å². The van der Waals surface area contributed by atoms with E-state index in [9.17, 15) is 9.59 Å². The summed E-state index contributed by atoms with van der Waals surface area (Å²) in [5.41, 5.74) is 0.859. The van der Waals surface area contributed by atoms with E-state index in [0.717, 1.165) is 31.5 Å². The molecule has 0 bridgehead atoms. The summed E-state index contributed by atoms with van der Waals surface area (Å²) in [6, 6.07) is 6.81. The smallest absolute Gasteiger partial charge is 0.254 e. The molecule has 3 rings (SSSR count). The summed E-state index contributed by atoms with van der Waals surface area (Å²) < 4.78 is 5.62. The van der Waals surface area contributed by atoms with E-state index in [1.807, 2.05) is 17.0 Å². The summed E-state index contributed by atoms with van der Waals surface area (Å²) in [7, 11) is 1.72. The zero-order valence-electron chi connectivity index (χ0n) is 12.5. The maximum Gasteiger partial charge on any atom is 0.254 e. The Morgan fingerprint density at radius 2 is 1.86 bits per heavy atom. The molecule has 2 amide bonds. The first-order valence-corrected chi connectivity index (χ1v) is 7.87. The third kappa shape index (κ3) is 2.83. The third-order valence-corrected chi connectivity index (χ3v) is 4.61. The van der Waals surface area contributed by atoms with Crippen LogP contribution in [-0.2, 0) is 14.3 Å². The van der Waals surface area contributed by atoms with Gasteiger partial charge in [-0.15, -0.1) is 0 Å². The van der Waals surface area contributed by atoms with Crippen LogP contribution in [0.3, 0.4) is 0 Å². The van der Waals surface area contributed by atoms with Crippen LogP contribution in [0.4, 0.5) is 0 Å². The van der Waals surface area contributed by atoms with E-state index in [2.05, 4.69) is 0 Å². The summed E-state index contributed by atoms with van der Waals surface area (Å²) in [5.74, 6) is -0.151. The molecule has 22 heavy (non-hydrogen) atoms. The second-order valence-corrected chi connectivity index (χ2v) is 6.20. The molecular weight excluding hydrogens is 304 g/mol. The summed E-state index contributed by atoms with van der Waals surface area (Å²) in [6.07, 6.45) is 1.40. The average Bonchev–Trinajstić information content (AvgIpc) is 3.05. The summed E-state index contributed by atoms with van der Waals surface area (Å²) in [6.45, 7) is 1.48. The number of hydrogen-bond acceptors (Lipinski definition) is 3. The van der Waals surface area contributed by atoms with E-state index in [-0.39, 0.29) is 18.4 Å². The fourth-order valence-corrected chi connectivity index (χ4v) is 3.22. The highest BCUT2D eigenvalue weighted by molar-refractivity contribution is 6.30. The van der Waals surface area contributed by atoms with Gasteiger partial charge in [-0.3, -0.25) is 9.59 Å². The quantitative estimate of drug-likeness (QED) is 0.835. The second kappa shape index (κ2) is 6.26. The van der Waals surface area contributed by atoms with Crippen molar-refractivity contribution >= 4 is 23.4 Å². The van der Waals surface area contributed by atoms with Crippen molar-refractivity contribution in [1.82, 2.24) is 9.80 Å². The first kappa shape index (κ1) is 15.3. The predicted molar refractivity (Wildman–Crippen MR) is 82.5 cm³/mol. The van der Waals surface area contributed by atoms with Crippen LogP contribution in [0.2, 0.25) is 5.02 Å². The molecule has 5 nitrogen and oxygen atoms in total. The molecule has 2 fully saturated rings. The molecule has 0 N–H and O–H groups in total. The molecular formula is C16H19ClN2O3. The topological polar surface area (TPSA) is 49.9 Å². The number of likely N-dealkylation sites (N-methyl/N-ethyl adjacent to an activating group) is 1. The van der Waals surface area contributed by atoms with Crippen LogP contribution in [0.15, 0.2) is 24.3 Å². The Morgan fingerprint density at radius 1 is 1.23 bits per heavy atom. The van der Waals surface area contributed by atoms with E-state index < -0.39 is 12.1 Å². The minimum atomic E-state index is -0.651. The number of nitrogens with zero attached hydrogens (tertiary/aromatic N) is 2. The number of halogens is 1. The zero-order valence-corrected chi connectivity index (χ0v) is 13.3. The Morgan fingerprint density at radius 3 is 2.50 bits per heavy atom. The number of benzene rings is 1. The molecule has 0 radical (unpaired) electrons. The molecule has 2 aliphatic heterocycles. The Bertz CT molecular complexity index is 569. The standard InChI is InChI=1S/C16H19ClN2O3/c1-18-13(20)10-22-15(16(21)19-8-2-3-9-19)14(18)11-4-6-12(17)7-5-11/h4-7,14-15H,2-3,8-10H2,1H3/t14-,15-/m0/s1. The van der Waals surface area contributed by atoms with Crippen LogP contribution in [-0.4, -0.2) is 54.5 Å². The number of hydrogen-bond donors (Lipinski definition) is 0. The Balaban J connectivity index is 1.90. The summed E-state index contributed by atoms with van der Waals surface area (Å²) >= 11 is 5.93. The number of amides is 2. The van der Waals surface area contributed by atoms with Gasteiger partial charge in [-0.25, -0.2) is 0 Å². The van der Waals surface area contributed by atoms with Gasteiger partial charge in [0.15, 0.2) is 6.10 Å². The van der Waals surface area contributed by atoms with Crippen LogP contribution >= 0.6 is 11.6 Å². The summed E-state index contributed by atoms with van der Waals surface area (Å²) in [5, 5.41) is 0.622. The van der Waals surface area contributed by atoms with Gasteiger partial charge in [-0.2, -0.15) is 0 Å². The SMILES string of the molecule is CN1C(=O)CO[C@H](C(=O)N2CCCC2)[C@@H]1c1ccc(Cl)cc1. The van der Waals surface area contributed by atoms with Gasteiger partial charge in [-0.1, -0.05) is 23.7 Å². The number of likely N-dealkylation sites (tertiary alicyclic amines) is 1. The van der Waals surface area contributed by atoms with Gasteiger partial charge in [-0.05, 0) is 30.5 Å². The van der Waals surface area contributed by atoms with E-state index in [1.165, 1.54) is 0 Å². The van der Waals surface area contributed by atoms with E-state index in [0.29, 0.717) is 5.02 Å². The van der Waals surface area contributed by atoms with Crippen molar-refractivity contribution in [2.24, 2.45) is 0 Å². The van der Waals surface area contributed by atoms with Crippen LogP contribution in [0.1, 0.15) is 24.4 Å². The second-order valence-electron chi connectivity index (χ2n) is 5.77. The van der Waals surface area contributed by atoms with E-state index in [4.69, 9.17) is 16.3 Å². The molecule has 0 spiro atoms. The minimum Gasteiger partial charge on any atom is -0.356 e. The van der Waals surface area contributed by atoms with Crippen molar-refractivity contribution in [2.75, 3.05) is 26.7 Å². The van der Waals surface area contributed by atoms with E-state index >= 15 is 0 Å². The highest BCUT2D eigenvalue weighted by atomic mass is 35.5. The lowest BCUT2D eigenvalue weighted by atomic mass is 9.97. The van der Waals surface area contributed by atoms with E-state index in [1.54, 1.807) is 24.1 Å². The number of ether oxygens (including phenoxy) is 1. The van der Waals surface area contributed by atoms with Crippen molar-refractivity contribution in [3.05, 3.63) is 34.9 Å². The average molecular weight is 323 g/mol.